The summed E-state index contributed by atoms with van der Waals surface area (Å²) < 4.78 is 0. The minimum absolute atomic E-state index is 0.0783. The van der Waals surface area contributed by atoms with E-state index < -0.39 is 17.5 Å². The minimum Gasteiger partial charge on any atom is -0.479 e. The number of carboxylic acids is 2. The Bertz CT molecular complexity index is 637. The molecule has 102 valence electrons. The molecule has 0 aromatic heterocycles. The Hall–Kier alpha value is -2.66. The summed E-state index contributed by atoms with van der Waals surface area (Å²) >= 11 is 0. The lowest BCUT2D eigenvalue weighted by atomic mass is 9.83. The van der Waals surface area contributed by atoms with Gasteiger partial charge in [0.25, 0.3) is 0 Å². The van der Waals surface area contributed by atoms with E-state index in [9.17, 15) is 14.7 Å². The van der Waals surface area contributed by atoms with Gasteiger partial charge >= 0.3 is 11.9 Å². The molecular weight excluding hydrogens is 258 g/mol. The molecule has 0 aliphatic carbocycles. The van der Waals surface area contributed by atoms with Gasteiger partial charge in [0, 0.05) is 0 Å². The quantitative estimate of drug-likeness (QED) is 0.785. The van der Waals surface area contributed by atoms with E-state index in [0.717, 1.165) is 0 Å². The average Bonchev–Trinajstić information content (AvgIpc) is 2.47. The number of carbonyl (C=O) groups is 2. The standard InChI is InChI=1S/C15H13NO4/c16-15(14(19)20,11-4-2-1-3-5-11)12-8-6-10(7-9-12)13(17)18/h1-9H,16H2,(H,17,18)(H,19,20). The normalized spacial score (nSPS) is 13.4. The van der Waals surface area contributed by atoms with Gasteiger partial charge in [-0.2, -0.15) is 0 Å². The molecule has 1 unspecified atom stereocenters. The van der Waals surface area contributed by atoms with Gasteiger partial charge in [-0.05, 0) is 23.3 Å². The molecule has 1 atom stereocenters. The van der Waals surface area contributed by atoms with Gasteiger partial charge in [0.2, 0.25) is 0 Å². The van der Waals surface area contributed by atoms with Crippen LogP contribution in [0.5, 0.6) is 0 Å². The molecule has 4 N–H and O–H groups in total. The monoisotopic (exact) mass is 271 g/mol. The molecule has 0 saturated heterocycles. The van der Waals surface area contributed by atoms with E-state index >= 15 is 0 Å². The Kier molecular flexibility index (Phi) is 3.54. The highest BCUT2D eigenvalue weighted by atomic mass is 16.4. The third-order valence-electron chi connectivity index (χ3n) is 3.15. The van der Waals surface area contributed by atoms with Crippen molar-refractivity contribution in [2.45, 2.75) is 5.54 Å². The summed E-state index contributed by atoms with van der Waals surface area (Å²) in [6.45, 7) is 0. The van der Waals surface area contributed by atoms with Crippen LogP contribution in [0.4, 0.5) is 0 Å². The molecule has 5 nitrogen and oxygen atoms in total. The molecule has 2 aromatic rings. The van der Waals surface area contributed by atoms with Crippen LogP contribution in [0.2, 0.25) is 0 Å². The maximum absolute atomic E-state index is 11.6. The van der Waals surface area contributed by atoms with Crippen molar-refractivity contribution in [1.29, 1.82) is 0 Å². The molecule has 0 heterocycles. The minimum atomic E-state index is -1.71. The molecule has 0 aliphatic heterocycles. The summed E-state index contributed by atoms with van der Waals surface area (Å²) in [7, 11) is 0. The molecule has 0 saturated carbocycles. The predicted octanol–water partition coefficient (Wildman–Crippen LogP) is 1.67. The van der Waals surface area contributed by atoms with Crippen LogP contribution in [0.15, 0.2) is 54.6 Å². The summed E-state index contributed by atoms with van der Waals surface area (Å²) in [6.07, 6.45) is 0. The van der Waals surface area contributed by atoms with E-state index in [2.05, 4.69) is 0 Å². The zero-order valence-electron chi connectivity index (χ0n) is 10.5. The van der Waals surface area contributed by atoms with Crippen LogP contribution in [-0.2, 0) is 10.3 Å². The van der Waals surface area contributed by atoms with E-state index in [4.69, 9.17) is 10.8 Å². The van der Waals surface area contributed by atoms with Gasteiger partial charge in [-0.1, -0.05) is 42.5 Å². The van der Waals surface area contributed by atoms with Crippen molar-refractivity contribution in [2.24, 2.45) is 5.73 Å². The molecule has 2 rings (SSSR count). The first-order valence-electron chi connectivity index (χ1n) is 5.88. The lowest BCUT2D eigenvalue weighted by Crippen LogP contribution is -2.45. The highest BCUT2D eigenvalue weighted by Crippen LogP contribution is 2.27. The summed E-state index contributed by atoms with van der Waals surface area (Å²) in [6, 6.07) is 13.9. The summed E-state index contributed by atoms with van der Waals surface area (Å²) in [5.41, 5.74) is 5.18. The van der Waals surface area contributed by atoms with Crippen molar-refractivity contribution in [3.63, 3.8) is 0 Å². The molecule has 0 radical (unpaired) electrons. The smallest absolute Gasteiger partial charge is 0.335 e. The second kappa shape index (κ2) is 5.14. The lowest BCUT2D eigenvalue weighted by molar-refractivity contribution is -0.142. The molecule has 5 heteroatoms. The Balaban J connectivity index is 2.54. The fourth-order valence-corrected chi connectivity index (χ4v) is 1.99. The van der Waals surface area contributed by atoms with E-state index in [-0.39, 0.29) is 5.56 Å². The maximum Gasteiger partial charge on any atom is 0.335 e. The third-order valence-corrected chi connectivity index (χ3v) is 3.15. The first-order valence-corrected chi connectivity index (χ1v) is 5.88. The van der Waals surface area contributed by atoms with Crippen molar-refractivity contribution in [3.05, 3.63) is 71.3 Å². The van der Waals surface area contributed by atoms with E-state index in [0.29, 0.717) is 11.1 Å². The van der Waals surface area contributed by atoms with Gasteiger partial charge in [-0.3, -0.25) is 0 Å². The van der Waals surface area contributed by atoms with Crippen molar-refractivity contribution < 1.29 is 19.8 Å². The largest absolute Gasteiger partial charge is 0.479 e. The van der Waals surface area contributed by atoms with Crippen LogP contribution in [-0.4, -0.2) is 22.2 Å². The molecule has 0 fully saturated rings. The lowest BCUT2D eigenvalue weighted by Gasteiger charge is -2.25. The number of aromatic carboxylic acids is 1. The van der Waals surface area contributed by atoms with Crippen LogP contribution < -0.4 is 5.73 Å². The summed E-state index contributed by atoms with van der Waals surface area (Å²) in [5, 5.41) is 18.3. The number of aliphatic carboxylic acids is 1. The second-order valence-electron chi connectivity index (χ2n) is 4.36. The van der Waals surface area contributed by atoms with Gasteiger partial charge in [0.15, 0.2) is 5.54 Å². The zero-order valence-corrected chi connectivity index (χ0v) is 10.5. The summed E-state index contributed by atoms with van der Waals surface area (Å²) in [5.74, 6) is -2.28. The zero-order chi connectivity index (χ0) is 14.8. The molecule has 0 spiro atoms. The molecule has 20 heavy (non-hydrogen) atoms. The maximum atomic E-state index is 11.6. The molecule has 0 amide bonds. The highest BCUT2D eigenvalue weighted by Gasteiger charge is 2.38. The number of hydrogen-bond acceptors (Lipinski definition) is 3. The third kappa shape index (κ3) is 2.26. The van der Waals surface area contributed by atoms with Crippen LogP contribution in [0, 0.1) is 0 Å². The number of benzene rings is 2. The van der Waals surface area contributed by atoms with Gasteiger partial charge in [0.1, 0.15) is 0 Å². The molecule has 0 bridgehead atoms. The number of nitrogens with two attached hydrogens (primary N) is 1. The Morgan fingerprint density at radius 1 is 0.850 bits per heavy atom. The number of rotatable bonds is 4. The Morgan fingerprint density at radius 2 is 1.35 bits per heavy atom. The average molecular weight is 271 g/mol. The molecule has 0 aliphatic rings. The van der Waals surface area contributed by atoms with Gasteiger partial charge in [-0.25, -0.2) is 9.59 Å². The van der Waals surface area contributed by atoms with Crippen molar-refractivity contribution in [2.75, 3.05) is 0 Å². The van der Waals surface area contributed by atoms with Gasteiger partial charge < -0.3 is 15.9 Å². The second-order valence-corrected chi connectivity index (χ2v) is 4.36. The van der Waals surface area contributed by atoms with Crippen molar-refractivity contribution >= 4 is 11.9 Å². The SMILES string of the molecule is NC(C(=O)O)(c1ccccc1)c1ccc(C(=O)O)cc1. The van der Waals surface area contributed by atoms with E-state index in [1.165, 1.54) is 24.3 Å². The highest BCUT2D eigenvalue weighted by molar-refractivity contribution is 5.89. The fourth-order valence-electron chi connectivity index (χ4n) is 1.99. The number of carboxylic acid groups (broad SMARTS) is 2. The van der Waals surface area contributed by atoms with Gasteiger partial charge in [-0.15, -0.1) is 0 Å². The van der Waals surface area contributed by atoms with E-state index in [1.807, 2.05) is 0 Å². The Morgan fingerprint density at radius 3 is 1.80 bits per heavy atom. The summed E-state index contributed by atoms with van der Waals surface area (Å²) in [4.78, 5) is 22.4. The molecule has 2 aromatic carbocycles. The van der Waals surface area contributed by atoms with Crippen LogP contribution >= 0.6 is 0 Å². The fraction of sp³-hybridized carbons (Fsp3) is 0.0667. The van der Waals surface area contributed by atoms with Gasteiger partial charge in [0.05, 0.1) is 5.56 Å². The first-order chi connectivity index (χ1) is 9.46. The number of hydrogen-bond donors (Lipinski definition) is 3. The molecular formula is C15H13NO4. The van der Waals surface area contributed by atoms with E-state index in [1.54, 1.807) is 30.3 Å². The predicted molar refractivity (Wildman–Crippen MR) is 72.4 cm³/mol. The van der Waals surface area contributed by atoms with Crippen molar-refractivity contribution in [1.82, 2.24) is 0 Å². The van der Waals surface area contributed by atoms with Crippen LogP contribution in [0.3, 0.4) is 0 Å². The topological polar surface area (TPSA) is 101 Å². The Labute approximate surface area is 115 Å². The van der Waals surface area contributed by atoms with Crippen molar-refractivity contribution in [3.8, 4) is 0 Å². The first kappa shape index (κ1) is 13.8. The van der Waals surface area contributed by atoms with Crippen LogP contribution in [0.25, 0.3) is 0 Å². The van der Waals surface area contributed by atoms with Crippen LogP contribution in [0.1, 0.15) is 21.5 Å².